The number of aliphatic carboxylic acids is 1. The smallest absolute Gasteiger partial charge is 0.311 e. The van der Waals surface area contributed by atoms with Gasteiger partial charge in [0.1, 0.15) is 18.3 Å². The highest BCUT2D eigenvalue weighted by atomic mass is 16.7. The number of hydrogen-bond donors (Lipinski definition) is 4. The Bertz CT molecular complexity index is 866. The second-order valence-corrected chi connectivity index (χ2v) is 12.6. The first-order valence-corrected chi connectivity index (χ1v) is 13.2. The van der Waals surface area contributed by atoms with Crippen molar-refractivity contribution in [2.75, 3.05) is 13.7 Å². The van der Waals surface area contributed by atoms with Gasteiger partial charge in [-0.2, -0.15) is 0 Å². The van der Waals surface area contributed by atoms with Gasteiger partial charge >= 0.3 is 5.97 Å². The number of fused-ring (bicyclic) bond motifs is 2. The Morgan fingerprint density at radius 1 is 1.03 bits per heavy atom. The summed E-state index contributed by atoms with van der Waals surface area (Å²) >= 11 is 0. The average Bonchev–Trinajstić information content (AvgIpc) is 3.17. The van der Waals surface area contributed by atoms with Gasteiger partial charge in [0.25, 0.3) is 0 Å². The van der Waals surface area contributed by atoms with Crippen molar-refractivity contribution >= 4 is 5.97 Å². The lowest BCUT2D eigenvalue weighted by Gasteiger charge is -2.55. The quantitative estimate of drug-likeness (QED) is 0.468. The third-order valence-electron chi connectivity index (χ3n) is 11.8. The number of carbonyl (C=O) groups is 1. The number of carboxylic acids is 1. The van der Waals surface area contributed by atoms with E-state index in [0.717, 1.165) is 32.1 Å². The van der Waals surface area contributed by atoms with Crippen molar-refractivity contribution < 1.29 is 39.4 Å². The van der Waals surface area contributed by atoms with Gasteiger partial charge in [0.05, 0.1) is 24.2 Å². The van der Waals surface area contributed by atoms with Crippen LogP contribution in [0.15, 0.2) is 0 Å². The minimum atomic E-state index is -1.30. The molecule has 1 spiro atoms. The summed E-state index contributed by atoms with van der Waals surface area (Å²) in [6.07, 6.45) is -0.921. The number of hydrogen-bond acceptors (Lipinski definition) is 7. The molecule has 5 saturated carbocycles. The van der Waals surface area contributed by atoms with E-state index in [1.165, 1.54) is 7.11 Å². The largest absolute Gasteiger partial charge is 0.481 e. The maximum atomic E-state index is 13.4. The summed E-state index contributed by atoms with van der Waals surface area (Å²) < 4.78 is 17.5. The average molecular weight is 481 g/mol. The first-order chi connectivity index (χ1) is 16.1. The molecule has 0 amide bonds. The van der Waals surface area contributed by atoms with Crippen molar-refractivity contribution in [2.24, 2.45) is 51.8 Å². The summed E-state index contributed by atoms with van der Waals surface area (Å²) in [7, 11) is 1.46. The molecule has 0 radical (unpaired) electrons. The van der Waals surface area contributed by atoms with Crippen molar-refractivity contribution in [2.45, 2.75) is 89.7 Å². The Hall–Kier alpha value is -0.770. The van der Waals surface area contributed by atoms with Gasteiger partial charge in [-0.25, -0.2) is 0 Å². The van der Waals surface area contributed by atoms with Gasteiger partial charge in [-0.3, -0.25) is 4.79 Å². The molecular formula is C26H40O8. The van der Waals surface area contributed by atoms with E-state index in [1.807, 2.05) is 0 Å². The number of ether oxygens (including phenoxy) is 3. The lowest BCUT2D eigenvalue weighted by molar-refractivity contribution is -0.307. The minimum absolute atomic E-state index is 0.0511. The molecule has 6 aliphatic rings. The fourth-order valence-corrected chi connectivity index (χ4v) is 10.5. The van der Waals surface area contributed by atoms with Crippen LogP contribution in [-0.2, 0) is 19.0 Å². The molecule has 8 heteroatoms. The van der Waals surface area contributed by atoms with Crippen LogP contribution in [0.25, 0.3) is 0 Å². The first-order valence-electron chi connectivity index (χ1n) is 13.2. The van der Waals surface area contributed by atoms with Crippen LogP contribution in [0.1, 0.15) is 52.9 Å². The molecule has 1 saturated heterocycles. The van der Waals surface area contributed by atoms with Crippen molar-refractivity contribution in [3.05, 3.63) is 0 Å². The Balaban J connectivity index is 1.38. The molecule has 4 bridgehead atoms. The lowest BCUT2D eigenvalue weighted by atomic mass is 9.47. The topological polar surface area (TPSA) is 126 Å². The van der Waals surface area contributed by atoms with Crippen molar-refractivity contribution in [1.82, 2.24) is 0 Å². The summed E-state index contributed by atoms with van der Waals surface area (Å²) in [4.78, 5) is 13.4. The summed E-state index contributed by atoms with van der Waals surface area (Å²) in [5.74, 6) is 0.661. The molecule has 34 heavy (non-hydrogen) atoms. The first kappa shape index (κ1) is 23.6. The zero-order valence-electron chi connectivity index (χ0n) is 20.6. The molecule has 6 fully saturated rings. The Labute approximate surface area is 201 Å². The maximum Gasteiger partial charge on any atom is 0.311 e. The highest BCUT2D eigenvalue weighted by Crippen LogP contribution is 2.89. The molecule has 0 aromatic heterocycles. The number of carboxylic acid groups (broad SMARTS) is 1. The van der Waals surface area contributed by atoms with E-state index >= 15 is 0 Å². The highest BCUT2D eigenvalue weighted by Gasteiger charge is 2.92. The molecule has 8 nitrogen and oxygen atoms in total. The van der Waals surface area contributed by atoms with Crippen LogP contribution in [0.4, 0.5) is 0 Å². The zero-order valence-corrected chi connectivity index (χ0v) is 20.6. The third-order valence-corrected chi connectivity index (χ3v) is 11.8. The van der Waals surface area contributed by atoms with E-state index in [1.54, 1.807) is 6.92 Å². The second kappa shape index (κ2) is 7.39. The molecule has 0 aromatic rings. The Morgan fingerprint density at radius 2 is 1.74 bits per heavy atom. The van der Waals surface area contributed by atoms with Crippen molar-refractivity contribution in [1.29, 1.82) is 0 Å². The Kier molecular flexibility index (Phi) is 5.13. The third kappa shape index (κ3) is 2.44. The molecule has 4 N–H and O–H groups in total. The van der Waals surface area contributed by atoms with Crippen LogP contribution in [0.5, 0.6) is 0 Å². The molecule has 0 unspecified atom stereocenters. The molecular weight excluding hydrogens is 440 g/mol. The molecule has 5 aliphatic carbocycles. The summed E-state index contributed by atoms with van der Waals surface area (Å²) in [6, 6.07) is 0. The van der Waals surface area contributed by atoms with Crippen LogP contribution < -0.4 is 0 Å². The highest BCUT2D eigenvalue weighted by molar-refractivity contribution is 5.81. The van der Waals surface area contributed by atoms with E-state index in [-0.39, 0.29) is 24.4 Å². The van der Waals surface area contributed by atoms with E-state index < -0.39 is 59.0 Å². The molecule has 15 atom stereocenters. The zero-order chi connectivity index (χ0) is 24.4. The minimum Gasteiger partial charge on any atom is -0.481 e. The number of methoxy groups -OCH3 is 1. The van der Waals surface area contributed by atoms with Gasteiger partial charge in [0, 0.05) is 17.9 Å². The standard InChI is InChI=1S/C26H40O8/c1-11-5-6-14-15(11)9-24(10-33-22-19(28)18(27)20(32-4)13(3)34-22)17-7-16(14)26(24,23(30)31)25(21(17)29)8-12(25)2/h11-22,27-29H,5-10H2,1-4H3,(H,30,31)/t11-,12+,13-,14-,15-,16-,17-,18+,19+,20-,21-,22-,24+,25+,26+/m1/s1. The van der Waals surface area contributed by atoms with E-state index in [2.05, 4.69) is 13.8 Å². The van der Waals surface area contributed by atoms with E-state index in [4.69, 9.17) is 14.2 Å². The van der Waals surface area contributed by atoms with Gasteiger partial charge in [0.15, 0.2) is 6.29 Å². The second-order valence-electron chi connectivity index (χ2n) is 12.6. The summed E-state index contributed by atoms with van der Waals surface area (Å²) in [6.45, 7) is 6.25. The summed E-state index contributed by atoms with van der Waals surface area (Å²) in [5.41, 5.74) is -2.32. The van der Waals surface area contributed by atoms with Gasteiger partial charge in [-0.1, -0.05) is 20.3 Å². The fraction of sp³-hybridized carbons (Fsp3) is 0.962. The van der Waals surface area contributed by atoms with Gasteiger partial charge < -0.3 is 34.6 Å². The molecule has 1 aliphatic heterocycles. The fourth-order valence-electron chi connectivity index (χ4n) is 10.5. The van der Waals surface area contributed by atoms with Crippen LogP contribution in [0.2, 0.25) is 0 Å². The SMILES string of the molecule is CO[C@H]1[C@@H](O)[C@H](O)[C@H](OC[C@@]23C[C@H]4[C@@H](CC[C@H]4C)[C@H]4C[C@@H]2[C@@H](O)[C@@]2(C[C@@H]2C)[C@]43C(=O)O)O[C@@H]1C. The van der Waals surface area contributed by atoms with Crippen molar-refractivity contribution in [3.8, 4) is 0 Å². The summed E-state index contributed by atoms with van der Waals surface area (Å²) in [5, 5.41) is 43.9. The molecule has 1 heterocycles. The van der Waals surface area contributed by atoms with Crippen LogP contribution in [0, 0.1) is 51.8 Å². The molecule has 192 valence electrons. The lowest BCUT2D eigenvalue weighted by Crippen LogP contribution is -2.61. The predicted octanol–water partition coefficient (Wildman–Crippen LogP) is 1.64. The van der Waals surface area contributed by atoms with Gasteiger partial charge in [-0.15, -0.1) is 0 Å². The van der Waals surface area contributed by atoms with Crippen LogP contribution in [0.3, 0.4) is 0 Å². The number of aliphatic hydroxyl groups excluding tert-OH is 3. The number of rotatable bonds is 5. The molecule has 6 rings (SSSR count). The van der Waals surface area contributed by atoms with Gasteiger partial charge in [0.2, 0.25) is 0 Å². The Morgan fingerprint density at radius 3 is 2.35 bits per heavy atom. The maximum absolute atomic E-state index is 13.4. The van der Waals surface area contributed by atoms with Crippen LogP contribution in [-0.4, -0.2) is 76.9 Å². The monoisotopic (exact) mass is 480 g/mol. The molecule has 0 aromatic carbocycles. The van der Waals surface area contributed by atoms with Crippen molar-refractivity contribution in [3.63, 3.8) is 0 Å². The van der Waals surface area contributed by atoms with Crippen LogP contribution >= 0.6 is 0 Å². The normalized spacial score (nSPS) is 61.6. The predicted molar refractivity (Wildman–Crippen MR) is 119 cm³/mol. The van der Waals surface area contributed by atoms with Gasteiger partial charge in [-0.05, 0) is 68.1 Å². The van der Waals surface area contributed by atoms with E-state index in [9.17, 15) is 25.2 Å². The number of aliphatic hydroxyl groups is 3. The van der Waals surface area contributed by atoms with E-state index in [0.29, 0.717) is 17.8 Å².